The number of nitrogens with zero attached hydrogens (tertiary/aromatic N) is 2. The monoisotopic (exact) mass is 533 g/mol. The summed E-state index contributed by atoms with van der Waals surface area (Å²) >= 11 is 0. The summed E-state index contributed by atoms with van der Waals surface area (Å²) in [5, 5.41) is 9.44. The molecule has 0 radical (unpaired) electrons. The van der Waals surface area contributed by atoms with Crippen molar-refractivity contribution in [3.05, 3.63) is 34.4 Å². The van der Waals surface area contributed by atoms with Gasteiger partial charge in [-0.1, -0.05) is 6.07 Å². The first-order valence-corrected chi connectivity index (χ1v) is 14.7. The van der Waals surface area contributed by atoms with Gasteiger partial charge in [-0.3, -0.25) is 29.1 Å². The first-order chi connectivity index (χ1) is 18.8. The summed E-state index contributed by atoms with van der Waals surface area (Å²) in [5.41, 5.74) is 0.916. The van der Waals surface area contributed by atoms with E-state index in [9.17, 15) is 19.2 Å². The van der Waals surface area contributed by atoms with E-state index in [1.165, 1.54) is 23.8 Å². The molecular formula is C30H39N5O4. The topological polar surface area (TPSA) is 122 Å². The van der Waals surface area contributed by atoms with Gasteiger partial charge in [0.25, 0.3) is 5.56 Å². The molecule has 1 aromatic heterocycles. The number of fused-ring (bicyclic) bond motifs is 1. The number of aryl methyl sites for hydroxylation is 1. The van der Waals surface area contributed by atoms with Crippen LogP contribution in [0.3, 0.4) is 0 Å². The number of rotatable bonds is 9. The number of carbonyl (C=O) groups is 3. The summed E-state index contributed by atoms with van der Waals surface area (Å²) in [4.78, 5) is 55.3. The average Bonchev–Trinajstić information content (AvgIpc) is 2.88. The van der Waals surface area contributed by atoms with Crippen LogP contribution in [0.25, 0.3) is 10.9 Å². The number of anilines is 1. The third kappa shape index (κ3) is 4.96. The second-order valence-electron chi connectivity index (χ2n) is 12.4. The molecule has 1 aliphatic heterocycles. The van der Waals surface area contributed by atoms with Crippen molar-refractivity contribution in [3.63, 3.8) is 0 Å². The van der Waals surface area contributed by atoms with E-state index in [0.717, 1.165) is 56.3 Å². The highest BCUT2D eigenvalue weighted by molar-refractivity contribution is 5.99. The smallest absolute Gasteiger partial charge is 0.264 e. The third-order valence-corrected chi connectivity index (χ3v) is 9.60. The highest BCUT2D eigenvalue weighted by Crippen LogP contribution is 2.60. The summed E-state index contributed by atoms with van der Waals surface area (Å²) in [6.45, 7) is 3.12. The molecule has 2 aromatic rings. The van der Waals surface area contributed by atoms with Crippen LogP contribution < -0.4 is 21.5 Å². The van der Waals surface area contributed by atoms with Crippen LogP contribution in [0.2, 0.25) is 0 Å². The van der Waals surface area contributed by atoms with Crippen molar-refractivity contribution in [2.75, 3.05) is 18.4 Å². The Bertz CT molecular complexity index is 1330. The number of carbonyl (C=O) groups excluding carboxylic acids is 3. The van der Waals surface area contributed by atoms with Crippen molar-refractivity contribution < 1.29 is 14.4 Å². The Labute approximate surface area is 228 Å². The fourth-order valence-corrected chi connectivity index (χ4v) is 8.22. The molecule has 0 unspecified atom stereocenters. The van der Waals surface area contributed by atoms with Gasteiger partial charge < -0.3 is 10.6 Å². The minimum Gasteiger partial charge on any atom is -0.384 e. The summed E-state index contributed by atoms with van der Waals surface area (Å²) in [6, 6.07) is 4.79. The predicted octanol–water partition coefficient (Wildman–Crippen LogP) is 3.60. The van der Waals surface area contributed by atoms with Crippen LogP contribution in [0.4, 0.5) is 5.69 Å². The molecule has 4 saturated carbocycles. The van der Waals surface area contributed by atoms with Crippen LogP contribution in [0.1, 0.15) is 82.5 Å². The maximum absolute atomic E-state index is 13.5. The molecule has 4 aliphatic carbocycles. The number of nitrogens with one attached hydrogen (secondary N) is 3. The molecule has 208 valence electrons. The molecule has 9 nitrogen and oxygen atoms in total. The number of imide groups is 1. The van der Waals surface area contributed by atoms with Crippen molar-refractivity contribution >= 4 is 34.3 Å². The Balaban J connectivity index is 1.02. The zero-order chi connectivity index (χ0) is 27.1. The molecule has 39 heavy (non-hydrogen) atoms. The van der Waals surface area contributed by atoms with Gasteiger partial charge in [0.15, 0.2) is 0 Å². The lowest BCUT2D eigenvalue weighted by Crippen LogP contribution is -2.53. The van der Waals surface area contributed by atoms with Gasteiger partial charge in [-0.15, -0.1) is 0 Å². The van der Waals surface area contributed by atoms with Gasteiger partial charge in [0, 0.05) is 30.6 Å². The van der Waals surface area contributed by atoms with Crippen LogP contribution in [0.5, 0.6) is 0 Å². The van der Waals surface area contributed by atoms with Crippen LogP contribution in [-0.4, -0.2) is 40.4 Å². The van der Waals surface area contributed by atoms with Crippen LogP contribution in [0, 0.1) is 30.1 Å². The minimum absolute atomic E-state index is 0.0855. The maximum atomic E-state index is 13.5. The van der Waals surface area contributed by atoms with Crippen molar-refractivity contribution in [1.82, 2.24) is 20.2 Å². The third-order valence-electron chi connectivity index (χ3n) is 9.60. The summed E-state index contributed by atoms with van der Waals surface area (Å²) in [5.74, 6) is 2.29. The average molecular weight is 534 g/mol. The lowest BCUT2D eigenvalue weighted by Gasteiger charge is -2.55. The van der Waals surface area contributed by atoms with E-state index in [0.29, 0.717) is 41.4 Å². The lowest BCUT2D eigenvalue weighted by molar-refractivity contribution is -0.146. The second-order valence-corrected chi connectivity index (χ2v) is 12.4. The van der Waals surface area contributed by atoms with E-state index in [1.54, 1.807) is 13.0 Å². The molecule has 5 fully saturated rings. The molecule has 3 amide bonds. The largest absolute Gasteiger partial charge is 0.384 e. The SMILES string of the molecule is Cc1nc2cccc(NCCCCCNC(=O)C34CC5CC(CC(C5)C3)C4)c2c(=O)n1[C@@H]1CCC(=O)NC1=O. The molecule has 5 aliphatic rings. The first kappa shape index (κ1) is 26.0. The number of hydrogen-bond acceptors (Lipinski definition) is 6. The fraction of sp³-hybridized carbons (Fsp3) is 0.633. The number of piperidine rings is 1. The summed E-state index contributed by atoms with van der Waals surface area (Å²) < 4.78 is 1.42. The quantitative estimate of drug-likeness (QED) is 0.334. The molecule has 7 rings (SSSR count). The van der Waals surface area contributed by atoms with Gasteiger partial charge >= 0.3 is 0 Å². The van der Waals surface area contributed by atoms with Gasteiger partial charge in [0.05, 0.1) is 10.9 Å². The van der Waals surface area contributed by atoms with Gasteiger partial charge in [-0.25, -0.2) is 4.98 Å². The van der Waals surface area contributed by atoms with Gasteiger partial charge in [-0.2, -0.15) is 0 Å². The van der Waals surface area contributed by atoms with Crippen LogP contribution >= 0.6 is 0 Å². The van der Waals surface area contributed by atoms with E-state index in [-0.39, 0.29) is 29.7 Å². The molecule has 4 bridgehead atoms. The van der Waals surface area contributed by atoms with Crippen LogP contribution in [0.15, 0.2) is 23.0 Å². The standard InChI is InChI=1S/C30H39N5O4/c1-18-33-23-7-5-6-22(26(23)28(38)35(18)24-8-9-25(36)34-27(24)37)31-10-3-2-4-11-32-29(39)30-15-19-12-20(16-30)14-21(13-19)17-30/h5-7,19-21,24,31H,2-4,8-17H2,1H3,(H,32,39)(H,34,36,37)/t19?,20?,21?,24-,30?/m1/s1. The molecule has 3 N–H and O–H groups in total. The zero-order valence-corrected chi connectivity index (χ0v) is 22.8. The Kier molecular flexibility index (Phi) is 6.93. The Morgan fingerprint density at radius 1 is 1.03 bits per heavy atom. The number of amides is 3. The zero-order valence-electron chi connectivity index (χ0n) is 22.8. The first-order valence-electron chi connectivity index (χ1n) is 14.7. The van der Waals surface area contributed by atoms with Gasteiger partial charge in [0.2, 0.25) is 17.7 Å². The highest BCUT2D eigenvalue weighted by atomic mass is 16.2. The molecular weight excluding hydrogens is 494 g/mol. The lowest BCUT2D eigenvalue weighted by atomic mass is 9.49. The van der Waals surface area contributed by atoms with E-state index >= 15 is 0 Å². The predicted molar refractivity (Wildman–Crippen MR) is 148 cm³/mol. The van der Waals surface area contributed by atoms with Crippen LogP contribution in [-0.2, 0) is 14.4 Å². The Hall–Kier alpha value is -3.23. The van der Waals surface area contributed by atoms with Crippen molar-refractivity contribution in [2.24, 2.45) is 23.2 Å². The van der Waals surface area contributed by atoms with E-state index in [4.69, 9.17) is 0 Å². The molecule has 1 saturated heterocycles. The Morgan fingerprint density at radius 2 is 1.72 bits per heavy atom. The van der Waals surface area contributed by atoms with Gasteiger partial charge in [-0.05, 0) is 101 Å². The molecule has 2 heterocycles. The van der Waals surface area contributed by atoms with E-state index in [2.05, 4.69) is 20.9 Å². The summed E-state index contributed by atoms with van der Waals surface area (Å²) in [6.07, 6.45) is 10.6. The molecule has 1 atom stereocenters. The van der Waals surface area contributed by atoms with Crippen molar-refractivity contribution in [3.8, 4) is 0 Å². The number of aromatic nitrogens is 2. The maximum Gasteiger partial charge on any atom is 0.264 e. The fourth-order valence-electron chi connectivity index (χ4n) is 8.22. The normalized spacial score (nSPS) is 29.5. The van der Waals surface area contributed by atoms with E-state index < -0.39 is 11.9 Å². The highest BCUT2D eigenvalue weighted by Gasteiger charge is 2.54. The molecule has 0 spiro atoms. The number of hydrogen-bond donors (Lipinski definition) is 3. The second kappa shape index (κ2) is 10.4. The molecule has 1 aromatic carbocycles. The van der Waals surface area contributed by atoms with E-state index in [1.807, 2.05) is 12.1 Å². The van der Waals surface area contributed by atoms with Crippen molar-refractivity contribution in [1.29, 1.82) is 0 Å². The number of benzene rings is 1. The van der Waals surface area contributed by atoms with Gasteiger partial charge in [0.1, 0.15) is 11.9 Å². The molecule has 9 heteroatoms. The minimum atomic E-state index is -0.742. The summed E-state index contributed by atoms with van der Waals surface area (Å²) in [7, 11) is 0. The number of unbranched alkanes of at least 4 members (excludes halogenated alkanes) is 2. The van der Waals surface area contributed by atoms with Crippen molar-refractivity contribution in [2.45, 2.75) is 83.6 Å². The Morgan fingerprint density at radius 3 is 2.41 bits per heavy atom.